The van der Waals surface area contributed by atoms with E-state index in [1.54, 1.807) is 16.2 Å². The molecule has 3 heterocycles. The van der Waals surface area contributed by atoms with E-state index in [2.05, 4.69) is 5.32 Å². The van der Waals surface area contributed by atoms with Crippen molar-refractivity contribution in [2.24, 2.45) is 0 Å². The molecule has 0 saturated carbocycles. The first kappa shape index (κ1) is 22.9. The first-order valence-corrected chi connectivity index (χ1v) is 12.3. The van der Waals surface area contributed by atoms with E-state index in [9.17, 15) is 14.4 Å². The topological polar surface area (TPSA) is 75.7 Å². The largest absolute Gasteiger partial charge is 0.452 e. The quantitative estimate of drug-likeness (QED) is 0.392. The number of amides is 2. The van der Waals surface area contributed by atoms with Crippen molar-refractivity contribution in [1.82, 2.24) is 4.90 Å². The van der Waals surface area contributed by atoms with Gasteiger partial charge in [-0.15, -0.1) is 22.7 Å². The number of carbonyl (C=O) groups excluding carboxylic acids is 3. The second kappa shape index (κ2) is 10.1. The van der Waals surface area contributed by atoms with E-state index in [1.807, 2.05) is 61.0 Å². The molecule has 1 aliphatic rings. The van der Waals surface area contributed by atoms with Crippen LogP contribution >= 0.6 is 22.7 Å². The minimum atomic E-state index is -0.635. The first-order valence-electron chi connectivity index (χ1n) is 10.6. The molecule has 0 fully saturated rings. The predicted octanol–water partition coefficient (Wildman–Crippen LogP) is 5.12. The zero-order valence-corrected chi connectivity index (χ0v) is 20.1. The van der Waals surface area contributed by atoms with Gasteiger partial charge in [-0.2, -0.15) is 0 Å². The van der Waals surface area contributed by atoms with E-state index < -0.39 is 5.97 Å². The van der Waals surface area contributed by atoms with Crippen molar-refractivity contribution in [1.29, 1.82) is 0 Å². The number of carbonyl (C=O) groups is 3. The molecule has 1 aliphatic heterocycles. The Morgan fingerprint density at radius 3 is 2.67 bits per heavy atom. The van der Waals surface area contributed by atoms with Crippen LogP contribution in [0, 0.1) is 0 Å². The lowest BCUT2D eigenvalue weighted by Crippen LogP contribution is -2.38. The minimum Gasteiger partial charge on any atom is -0.452 e. The standard InChI is InChI=1S/C25H24N2O4S2/c1-16(2)12-21(28)26-24-23(19(15-33-24)17-6-4-3-5-7-17)25(30)31-14-22(29)27-10-8-20-18(13-27)9-11-32-20/h3-7,9,11-12,15H,8,10,13-14H2,1-2H3,(H,26,28). The molecule has 3 aromatic rings. The van der Waals surface area contributed by atoms with Crippen molar-refractivity contribution in [3.63, 3.8) is 0 Å². The van der Waals surface area contributed by atoms with Crippen LogP contribution in [0.15, 0.2) is 58.8 Å². The Morgan fingerprint density at radius 1 is 1.12 bits per heavy atom. The molecule has 2 aromatic heterocycles. The number of nitrogens with zero attached hydrogens (tertiary/aromatic N) is 1. The van der Waals surface area contributed by atoms with E-state index in [1.165, 1.54) is 22.3 Å². The van der Waals surface area contributed by atoms with Crippen LogP contribution in [-0.2, 0) is 27.3 Å². The molecule has 8 heteroatoms. The van der Waals surface area contributed by atoms with Gasteiger partial charge in [0.2, 0.25) is 5.91 Å². The lowest BCUT2D eigenvalue weighted by atomic mass is 10.0. The van der Waals surface area contributed by atoms with Crippen LogP contribution in [0.4, 0.5) is 5.00 Å². The summed E-state index contributed by atoms with van der Waals surface area (Å²) in [4.78, 5) is 41.2. The molecule has 33 heavy (non-hydrogen) atoms. The highest BCUT2D eigenvalue weighted by Gasteiger charge is 2.26. The maximum Gasteiger partial charge on any atom is 0.342 e. The Labute approximate surface area is 200 Å². The van der Waals surface area contributed by atoms with Gasteiger partial charge in [-0.05, 0) is 42.8 Å². The van der Waals surface area contributed by atoms with Crippen LogP contribution in [0.1, 0.15) is 34.6 Å². The van der Waals surface area contributed by atoms with Gasteiger partial charge in [0.15, 0.2) is 6.61 Å². The lowest BCUT2D eigenvalue weighted by Gasteiger charge is -2.26. The van der Waals surface area contributed by atoms with Crippen molar-refractivity contribution in [2.75, 3.05) is 18.5 Å². The van der Waals surface area contributed by atoms with Crippen molar-refractivity contribution < 1.29 is 19.1 Å². The Balaban J connectivity index is 1.51. The average Bonchev–Trinajstić information content (AvgIpc) is 3.43. The maximum absolute atomic E-state index is 13.1. The fraction of sp³-hybridized carbons (Fsp3) is 0.240. The third-order valence-electron chi connectivity index (χ3n) is 5.22. The van der Waals surface area contributed by atoms with E-state index in [0.717, 1.165) is 23.1 Å². The summed E-state index contributed by atoms with van der Waals surface area (Å²) in [5.41, 5.74) is 3.74. The van der Waals surface area contributed by atoms with Gasteiger partial charge in [0.05, 0.1) is 0 Å². The Hall–Kier alpha value is -3.23. The minimum absolute atomic E-state index is 0.230. The number of nitrogens with one attached hydrogen (secondary N) is 1. The summed E-state index contributed by atoms with van der Waals surface area (Å²) in [5, 5.41) is 7.03. The molecule has 6 nitrogen and oxygen atoms in total. The molecule has 2 amide bonds. The van der Waals surface area contributed by atoms with E-state index in [0.29, 0.717) is 23.7 Å². The van der Waals surface area contributed by atoms with E-state index >= 15 is 0 Å². The molecule has 0 aliphatic carbocycles. The van der Waals surface area contributed by atoms with Gasteiger partial charge < -0.3 is 15.0 Å². The van der Waals surface area contributed by atoms with Crippen molar-refractivity contribution >= 4 is 45.5 Å². The Kier molecular flexibility index (Phi) is 7.05. The monoisotopic (exact) mass is 480 g/mol. The smallest absolute Gasteiger partial charge is 0.342 e. The summed E-state index contributed by atoms with van der Waals surface area (Å²) in [6, 6.07) is 11.5. The number of fused-ring (bicyclic) bond motifs is 1. The van der Waals surface area contributed by atoms with Gasteiger partial charge in [0.25, 0.3) is 5.91 Å². The number of thiophene rings is 2. The van der Waals surface area contributed by atoms with Gasteiger partial charge in [-0.25, -0.2) is 4.79 Å². The van der Waals surface area contributed by atoms with Gasteiger partial charge >= 0.3 is 5.97 Å². The van der Waals surface area contributed by atoms with Crippen LogP contribution < -0.4 is 5.32 Å². The highest BCUT2D eigenvalue weighted by atomic mass is 32.1. The van der Waals surface area contributed by atoms with Crippen molar-refractivity contribution in [3.05, 3.63) is 74.8 Å². The molecule has 1 N–H and O–H groups in total. The summed E-state index contributed by atoms with van der Waals surface area (Å²) in [6.45, 7) is 4.45. The third kappa shape index (κ3) is 5.40. The summed E-state index contributed by atoms with van der Waals surface area (Å²) < 4.78 is 5.45. The number of ether oxygens (including phenoxy) is 1. The molecular weight excluding hydrogens is 456 g/mol. The van der Waals surface area contributed by atoms with Crippen LogP contribution in [-0.4, -0.2) is 35.8 Å². The number of rotatable bonds is 6. The van der Waals surface area contributed by atoms with Crippen LogP contribution in [0.5, 0.6) is 0 Å². The van der Waals surface area contributed by atoms with Crippen molar-refractivity contribution in [3.8, 4) is 11.1 Å². The number of benzene rings is 1. The van der Waals surface area contributed by atoms with E-state index in [-0.39, 0.29) is 24.0 Å². The summed E-state index contributed by atoms with van der Waals surface area (Å²) >= 11 is 2.96. The SMILES string of the molecule is CC(C)=CC(=O)Nc1scc(-c2ccccc2)c1C(=O)OCC(=O)N1CCc2sccc2C1. The first-order chi connectivity index (χ1) is 15.9. The predicted molar refractivity (Wildman–Crippen MR) is 132 cm³/mol. The number of esters is 1. The molecule has 1 aromatic carbocycles. The summed E-state index contributed by atoms with van der Waals surface area (Å²) in [6.07, 6.45) is 2.28. The molecule has 0 bridgehead atoms. The average molecular weight is 481 g/mol. The van der Waals surface area contributed by atoms with Gasteiger partial charge in [-0.3, -0.25) is 9.59 Å². The number of hydrogen-bond acceptors (Lipinski definition) is 6. The molecule has 0 spiro atoms. The second-order valence-corrected chi connectivity index (χ2v) is 9.82. The Bertz CT molecular complexity index is 1210. The van der Waals surface area contributed by atoms with Gasteiger partial charge in [0, 0.05) is 35.0 Å². The van der Waals surface area contributed by atoms with Crippen LogP contribution in [0.25, 0.3) is 11.1 Å². The summed E-state index contributed by atoms with van der Waals surface area (Å²) in [5.74, 6) is -1.18. The maximum atomic E-state index is 13.1. The number of hydrogen-bond donors (Lipinski definition) is 1. The van der Waals surface area contributed by atoms with E-state index in [4.69, 9.17) is 4.74 Å². The molecule has 170 valence electrons. The molecule has 0 atom stereocenters. The molecule has 0 saturated heterocycles. The van der Waals surface area contributed by atoms with Crippen molar-refractivity contribution in [2.45, 2.75) is 26.8 Å². The molecule has 4 rings (SSSR count). The van der Waals surface area contributed by atoms with Gasteiger partial charge in [0.1, 0.15) is 10.6 Å². The van der Waals surface area contributed by atoms with Crippen LogP contribution in [0.3, 0.4) is 0 Å². The molecular formula is C25H24N2O4S2. The highest BCUT2D eigenvalue weighted by Crippen LogP contribution is 2.36. The lowest BCUT2D eigenvalue weighted by molar-refractivity contribution is -0.135. The number of anilines is 1. The zero-order chi connectivity index (χ0) is 23.4. The fourth-order valence-electron chi connectivity index (χ4n) is 3.64. The molecule has 0 radical (unpaired) electrons. The van der Waals surface area contributed by atoms with Crippen LogP contribution in [0.2, 0.25) is 0 Å². The second-order valence-electron chi connectivity index (χ2n) is 7.94. The highest BCUT2D eigenvalue weighted by molar-refractivity contribution is 7.15. The fourth-order valence-corrected chi connectivity index (χ4v) is 5.49. The number of allylic oxidation sites excluding steroid dienone is 1. The normalized spacial score (nSPS) is 12.6. The third-order valence-corrected chi connectivity index (χ3v) is 7.14. The molecule has 0 unspecified atom stereocenters. The zero-order valence-electron chi connectivity index (χ0n) is 18.4. The summed E-state index contributed by atoms with van der Waals surface area (Å²) in [7, 11) is 0. The Morgan fingerprint density at radius 2 is 1.91 bits per heavy atom. The van der Waals surface area contributed by atoms with Gasteiger partial charge in [-0.1, -0.05) is 35.9 Å².